The van der Waals surface area contributed by atoms with Gasteiger partial charge in [-0.1, -0.05) is 34.8 Å². The Morgan fingerprint density at radius 3 is 2.15 bits per heavy atom. The molecule has 0 spiro atoms. The van der Waals surface area contributed by atoms with Gasteiger partial charge in [0.2, 0.25) is 5.91 Å². The third-order valence-corrected chi connectivity index (χ3v) is 7.90. The van der Waals surface area contributed by atoms with E-state index in [1.54, 1.807) is 49.4 Å². The first-order valence-corrected chi connectivity index (χ1v) is 14.3. The Bertz CT molecular complexity index is 1520. The van der Waals surface area contributed by atoms with Crippen LogP contribution in [0, 0.1) is 12.8 Å². The molecule has 3 aromatic rings. The van der Waals surface area contributed by atoms with Gasteiger partial charge in [0.05, 0.1) is 16.5 Å². The lowest BCUT2D eigenvalue weighted by Gasteiger charge is -2.20. The predicted molar refractivity (Wildman–Crippen MR) is 165 cm³/mol. The van der Waals surface area contributed by atoms with E-state index >= 15 is 0 Å². The number of carbonyl (C=O) groups excluding carboxylic acids is 3. The molecule has 1 aliphatic rings. The number of nitrogens with one attached hydrogen (secondary N) is 3. The molecule has 3 aromatic carbocycles. The second-order valence-electron chi connectivity index (χ2n) is 10.7. The largest absolute Gasteiger partial charge is 0.413 e. The van der Waals surface area contributed by atoms with Gasteiger partial charge in [-0.2, -0.15) is 0 Å². The Hall–Kier alpha value is -2.68. The second kappa shape index (κ2) is 11.9. The van der Waals surface area contributed by atoms with Gasteiger partial charge in [-0.25, -0.2) is 4.79 Å². The van der Waals surface area contributed by atoms with Gasteiger partial charge in [-0.05, 0) is 93.4 Å². The number of anilines is 2. The highest BCUT2D eigenvalue weighted by Gasteiger charge is 2.67. The van der Waals surface area contributed by atoms with Gasteiger partial charge in [0.1, 0.15) is 10.1 Å². The van der Waals surface area contributed by atoms with Crippen LogP contribution in [-0.4, -0.2) is 27.8 Å². The van der Waals surface area contributed by atoms with Crippen molar-refractivity contribution in [1.82, 2.24) is 5.32 Å². The number of benzene rings is 3. The minimum atomic E-state index is -1.36. The Kier molecular flexibility index (Phi) is 9.07. The number of aryl methyl sites for hydroxylation is 1. The van der Waals surface area contributed by atoms with Crippen LogP contribution in [0.25, 0.3) is 0 Å². The van der Waals surface area contributed by atoms with E-state index in [2.05, 4.69) is 16.0 Å². The fraction of sp³-hybridized carbons (Fsp3) is 0.276. The summed E-state index contributed by atoms with van der Waals surface area (Å²) < 4.78 is 3.96. The van der Waals surface area contributed by atoms with Gasteiger partial charge in [0.25, 0.3) is 5.91 Å². The summed E-state index contributed by atoms with van der Waals surface area (Å²) in [5.74, 6) is -1.92. The molecule has 1 saturated carbocycles. The zero-order valence-electron chi connectivity index (χ0n) is 22.4. The minimum absolute atomic E-state index is 0.130. The SMILES string of the molecule is Cc1cc(OC(=O)NC(C)(C)C)ccc1NC(=O)c1cc(NC(=O)C2C(c3cc(Cl)cc(Cl)c3)C2(Cl)Cl)ccc1Cl. The van der Waals surface area contributed by atoms with Crippen molar-refractivity contribution in [3.05, 3.63) is 86.4 Å². The fourth-order valence-corrected chi connectivity index (χ4v) is 5.86. The van der Waals surface area contributed by atoms with E-state index in [0.717, 1.165) is 0 Å². The summed E-state index contributed by atoms with van der Waals surface area (Å²) in [5, 5.41) is 9.25. The van der Waals surface area contributed by atoms with Crippen molar-refractivity contribution < 1.29 is 19.1 Å². The molecule has 0 heterocycles. The van der Waals surface area contributed by atoms with Crippen molar-refractivity contribution in [2.45, 2.75) is 43.5 Å². The number of alkyl halides is 2. The first-order valence-electron chi connectivity index (χ1n) is 12.4. The Labute approximate surface area is 262 Å². The Morgan fingerprint density at radius 2 is 1.54 bits per heavy atom. The van der Waals surface area contributed by atoms with Crippen LogP contribution in [-0.2, 0) is 4.79 Å². The third-order valence-electron chi connectivity index (χ3n) is 6.19. The number of rotatable bonds is 6. The molecule has 3 N–H and O–H groups in total. The maximum atomic E-state index is 13.1. The van der Waals surface area contributed by atoms with E-state index in [1.807, 2.05) is 20.8 Å². The summed E-state index contributed by atoms with van der Waals surface area (Å²) in [6.45, 7) is 7.28. The first kappa shape index (κ1) is 31.3. The molecule has 4 rings (SSSR count). The number of carbonyl (C=O) groups is 3. The minimum Gasteiger partial charge on any atom is -0.410 e. The quantitative estimate of drug-likeness (QED) is 0.231. The Balaban J connectivity index is 1.45. The summed E-state index contributed by atoms with van der Waals surface area (Å²) in [6.07, 6.45) is -0.589. The number of hydrogen-bond acceptors (Lipinski definition) is 4. The van der Waals surface area contributed by atoms with Gasteiger partial charge in [0.15, 0.2) is 0 Å². The lowest BCUT2D eigenvalue weighted by atomic mass is 10.1. The highest BCUT2D eigenvalue weighted by molar-refractivity contribution is 6.53. The molecule has 41 heavy (non-hydrogen) atoms. The Morgan fingerprint density at radius 1 is 0.878 bits per heavy atom. The van der Waals surface area contributed by atoms with Crippen LogP contribution in [0.15, 0.2) is 54.6 Å². The molecule has 2 atom stereocenters. The van der Waals surface area contributed by atoms with Crippen molar-refractivity contribution in [2.24, 2.45) is 5.92 Å². The summed E-state index contributed by atoms with van der Waals surface area (Å²) in [4.78, 5) is 38.3. The molecule has 3 amide bonds. The lowest BCUT2D eigenvalue weighted by molar-refractivity contribution is -0.117. The maximum Gasteiger partial charge on any atom is 0.413 e. The molecule has 0 bridgehead atoms. The second-order valence-corrected chi connectivity index (χ2v) is 13.4. The van der Waals surface area contributed by atoms with Crippen molar-refractivity contribution in [3.63, 3.8) is 0 Å². The first-order chi connectivity index (χ1) is 19.0. The fourth-order valence-electron chi connectivity index (χ4n) is 4.29. The highest BCUT2D eigenvalue weighted by Crippen LogP contribution is 2.65. The van der Waals surface area contributed by atoms with Crippen molar-refractivity contribution in [2.75, 3.05) is 10.6 Å². The molecule has 0 aromatic heterocycles. The molecule has 0 radical (unpaired) electrons. The van der Waals surface area contributed by atoms with Gasteiger partial charge < -0.3 is 20.7 Å². The molecule has 0 saturated heterocycles. The summed E-state index contributed by atoms with van der Waals surface area (Å²) >= 11 is 31.4. The highest BCUT2D eigenvalue weighted by atomic mass is 35.5. The van der Waals surface area contributed by atoms with E-state index in [4.69, 9.17) is 62.7 Å². The van der Waals surface area contributed by atoms with Crippen LogP contribution in [0.4, 0.5) is 16.2 Å². The van der Waals surface area contributed by atoms with Crippen LogP contribution in [0.2, 0.25) is 15.1 Å². The topological polar surface area (TPSA) is 96.5 Å². The molecule has 2 unspecified atom stereocenters. The molecule has 216 valence electrons. The van der Waals surface area contributed by atoms with E-state index in [9.17, 15) is 14.4 Å². The van der Waals surface area contributed by atoms with Crippen LogP contribution in [0.3, 0.4) is 0 Å². The van der Waals surface area contributed by atoms with Crippen LogP contribution in [0.1, 0.15) is 48.2 Å². The van der Waals surface area contributed by atoms with E-state index < -0.39 is 39.6 Å². The molecular formula is C29H26Cl5N3O4. The van der Waals surface area contributed by atoms with Crippen LogP contribution < -0.4 is 20.7 Å². The number of halogens is 5. The van der Waals surface area contributed by atoms with Crippen LogP contribution in [0.5, 0.6) is 5.75 Å². The predicted octanol–water partition coefficient (Wildman–Crippen LogP) is 8.62. The molecule has 0 aliphatic heterocycles. The molecule has 12 heteroatoms. The van der Waals surface area contributed by atoms with Crippen molar-refractivity contribution in [3.8, 4) is 5.75 Å². The number of amides is 3. The van der Waals surface area contributed by atoms with E-state index in [1.165, 1.54) is 12.1 Å². The third kappa shape index (κ3) is 7.59. The monoisotopic (exact) mass is 655 g/mol. The molecule has 7 nitrogen and oxygen atoms in total. The number of hydrogen-bond donors (Lipinski definition) is 3. The zero-order chi connectivity index (χ0) is 30.3. The average molecular weight is 658 g/mol. The standard InChI is InChI=1S/C29H26Cl5N3O4/c1-14-9-19(41-27(40)37-28(2,3)4)6-8-22(14)36-25(38)20-13-18(5-7-21(20)32)35-26(39)24-23(29(24,33)34)15-10-16(30)12-17(31)11-15/h5-13,23-24H,1-4H3,(H,35,39)(H,36,38)(H,37,40). The molecule has 1 aliphatic carbocycles. The van der Waals surface area contributed by atoms with Gasteiger partial charge >= 0.3 is 6.09 Å². The summed E-state index contributed by atoms with van der Waals surface area (Å²) in [7, 11) is 0. The van der Waals surface area contributed by atoms with Gasteiger partial charge in [-0.3, -0.25) is 9.59 Å². The maximum absolute atomic E-state index is 13.1. The summed E-state index contributed by atoms with van der Waals surface area (Å²) in [5.41, 5.74) is 1.79. The van der Waals surface area contributed by atoms with E-state index in [0.29, 0.717) is 38.3 Å². The molecule has 1 fully saturated rings. The van der Waals surface area contributed by atoms with Crippen molar-refractivity contribution >= 4 is 87.3 Å². The zero-order valence-corrected chi connectivity index (χ0v) is 26.2. The van der Waals surface area contributed by atoms with Crippen LogP contribution >= 0.6 is 58.0 Å². The number of ether oxygens (including phenoxy) is 1. The normalized spacial score (nSPS) is 17.4. The van der Waals surface area contributed by atoms with Gasteiger partial charge in [0, 0.05) is 32.9 Å². The van der Waals surface area contributed by atoms with Gasteiger partial charge in [-0.15, -0.1) is 23.2 Å². The summed E-state index contributed by atoms with van der Waals surface area (Å²) in [6, 6.07) is 14.2. The van der Waals surface area contributed by atoms with E-state index in [-0.39, 0.29) is 10.6 Å². The smallest absolute Gasteiger partial charge is 0.410 e. The average Bonchev–Trinajstić information content (AvgIpc) is 3.42. The van der Waals surface area contributed by atoms with Crippen molar-refractivity contribution in [1.29, 1.82) is 0 Å². The lowest BCUT2D eigenvalue weighted by Crippen LogP contribution is -2.42. The molecular weight excluding hydrogens is 632 g/mol.